The number of aromatic nitrogens is 2. The van der Waals surface area contributed by atoms with E-state index >= 15 is 0 Å². The van der Waals surface area contributed by atoms with Gasteiger partial charge in [0.1, 0.15) is 5.82 Å². The summed E-state index contributed by atoms with van der Waals surface area (Å²) in [5, 5.41) is 7.48. The lowest BCUT2D eigenvalue weighted by molar-refractivity contribution is 0.120. The molecule has 7 heteroatoms. The smallest absolute Gasteiger partial charge is 0.224 e. The Bertz CT molecular complexity index is 690. The Morgan fingerprint density at radius 1 is 1.22 bits per heavy atom. The molecule has 0 aliphatic carbocycles. The summed E-state index contributed by atoms with van der Waals surface area (Å²) >= 11 is 12.0. The second kappa shape index (κ2) is 7.34. The van der Waals surface area contributed by atoms with Gasteiger partial charge < -0.3 is 15.4 Å². The molecule has 23 heavy (non-hydrogen) atoms. The molecule has 1 aromatic carbocycles. The van der Waals surface area contributed by atoms with E-state index in [2.05, 4.69) is 20.6 Å². The third-order valence-corrected chi connectivity index (χ3v) is 4.30. The number of aryl methyl sites for hydroxylation is 1. The van der Waals surface area contributed by atoms with Crippen LogP contribution in [0.3, 0.4) is 0 Å². The van der Waals surface area contributed by atoms with Crippen molar-refractivity contribution in [2.45, 2.75) is 25.9 Å². The number of hydrogen-bond donors (Lipinski definition) is 2. The van der Waals surface area contributed by atoms with Crippen LogP contribution in [0, 0.1) is 6.92 Å². The van der Waals surface area contributed by atoms with Gasteiger partial charge in [-0.25, -0.2) is 4.98 Å². The lowest BCUT2D eigenvalue weighted by Crippen LogP contribution is -2.20. The number of rotatable bonds is 5. The Morgan fingerprint density at radius 3 is 2.83 bits per heavy atom. The van der Waals surface area contributed by atoms with Crippen LogP contribution in [0.2, 0.25) is 10.0 Å². The summed E-state index contributed by atoms with van der Waals surface area (Å²) in [5.74, 6) is 1.29. The van der Waals surface area contributed by atoms with Crippen LogP contribution < -0.4 is 10.6 Å². The van der Waals surface area contributed by atoms with Gasteiger partial charge in [-0.05, 0) is 38.0 Å². The summed E-state index contributed by atoms with van der Waals surface area (Å²) in [6.45, 7) is 3.49. The van der Waals surface area contributed by atoms with E-state index in [9.17, 15) is 0 Å². The van der Waals surface area contributed by atoms with Crippen LogP contribution in [0.5, 0.6) is 0 Å². The highest BCUT2D eigenvalue weighted by Crippen LogP contribution is 2.26. The monoisotopic (exact) mass is 352 g/mol. The van der Waals surface area contributed by atoms with Gasteiger partial charge in [0.2, 0.25) is 5.95 Å². The van der Waals surface area contributed by atoms with E-state index in [1.54, 1.807) is 12.1 Å². The molecule has 0 saturated carbocycles. The molecule has 0 bridgehead atoms. The zero-order valence-corrected chi connectivity index (χ0v) is 14.3. The van der Waals surface area contributed by atoms with Crippen LogP contribution in [0.25, 0.3) is 0 Å². The van der Waals surface area contributed by atoms with Crippen LogP contribution in [0.15, 0.2) is 24.3 Å². The van der Waals surface area contributed by atoms with Crippen LogP contribution in [-0.4, -0.2) is 29.2 Å². The van der Waals surface area contributed by atoms with Crippen molar-refractivity contribution in [2.24, 2.45) is 0 Å². The lowest BCUT2D eigenvalue weighted by Gasteiger charge is -2.13. The number of halogens is 2. The second-order valence-corrected chi connectivity index (χ2v) is 6.30. The van der Waals surface area contributed by atoms with Gasteiger partial charge in [0.05, 0.1) is 16.1 Å². The molecule has 0 radical (unpaired) electrons. The van der Waals surface area contributed by atoms with Gasteiger partial charge in [-0.3, -0.25) is 0 Å². The van der Waals surface area contributed by atoms with Crippen LogP contribution in [0.1, 0.15) is 18.5 Å². The summed E-state index contributed by atoms with van der Waals surface area (Å²) in [4.78, 5) is 8.88. The molecule has 1 aromatic heterocycles. The minimum absolute atomic E-state index is 0.241. The van der Waals surface area contributed by atoms with E-state index in [1.807, 2.05) is 19.1 Å². The summed E-state index contributed by atoms with van der Waals surface area (Å²) in [6, 6.07) is 7.24. The molecule has 5 nitrogen and oxygen atoms in total. The van der Waals surface area contributed by atoms with Crippen molar-refractivity contribution in [1.29, 1.82) is 0 Å². The summed E-state index contributed by atoms with van der Waals surface area (Å²) in [7, 11) is 0. The minimum atomic E-state index is 0.241. The third kappa shape index (κ3) is 4.47. The maximum Gasteiger partial charge on any atom is 0.224 e. The van der Waals surface area contributed by atoms with Gasteiger partial charge in [0.15, 0.2) is 0 Å². The summed E-state index contributed by atoms with van der Waals surface area (Å²) in [6.07, 6.45) is 2.43. The molecule has 1 saturated heterocycles. The van der Waals surface area contributed by atoms with Crippen molar-refractivity contribution in [2.75, 3.05) is 23.8 Å². The first-order chi connectivity index (χ1) is 11.1. The first-order valence-corrected chi connectivity index (χ1v) is 8.29. The lowest BCUT2D eigenvalue weighted by atomic mass is 10.2. The Hall–Kier alpha value is -1.56. The van der Waals surface area contributed by atoms with E-state index in [0.717, 1.165) is 37.4 Å². The second-order valence-electron chi connectivity index (χ2n) is 5.49. The van der Waals surface area contributed by atoms with Gasteiger partial charge in [-0.1, -0.05) is 23.2 Å². The maximum absolute atomic E-state index is 6.03. The maximum atomic E-state index is 6.03. The fourth-order valence-electron chi connectivity index (χ4n) is 2.44. The first kappa shape index (κ1) is 16.3. The highest BCUT2D eigenvalue weighted by molar-refractivity contribution is 6.42. The van der Waals surface area contributed by atoms with Crippen molar-refractivity contribution >= 4 is 40.7 Å². The molecular formula is C16H18Cl2N4O. The molecule has 1 unspecified atom stereocenters. The molecule has 0 amide bonds. The molecule has 3 rings (SSSR count). The fraction of sp³-hybridized carbons (Fsp3) is 0.375. The predicted molar refractivity (Wildman–Crippen MR) is 94.0 cm³/mol. The van der Waals surface area contributed by atoms with Crippen molar-refractivity contribution in [3.05, 3.63) is 40.0 Å². The van der Waals surface area contributed by atoms with Crippen molar-refractivity contribution < 1.29 is 4.74 Å². The molecule has 2 heterocycles. The third-order valence-electron chi connectivity index (χ3n) is 3.56. The largest absolute Gasteiger partial charge is 0.376 e. The van der Waals surface area contributed by atoms with Crippen molar-refractivity contribution in [1.82, 2.24) is 9.97 Å². The quantitative estimate of drug-likeness (QED) is 0.833. The van der Waals surface area contributed by atoms with Crippen molar-refractivity contribution in [3.63, 3.8) is 0 Å². The molecule has 1 aliphatic rings. The SMILES string of the molecule is Cc1cc(Nc2ccc(Cl)c(Cl)c2)nc(NCC2CCCO2)n1. The summed E-state index contributed by atoms with van der Waals surface area (Å²) < 4.78 is 5.59. The fourth-order valence-corrected chi connectivity index (χ4v) is 2.74. The Balaban J connectivity index is 1.70. The molecule has 2 N–H and O–H groups in total. The topological polar surface area (TPSA) is 59.1 Å². The van der Waals surface area contributed by atoms with Crippen LogP contribution >= 0.6 is 23.2 Å². The summed E-state index contributed by atoms with van der Waals surface area (Å²) in [5.41, 5.74) is 1.69. The Morgan fingerprint density at radius 2 is 2.09 bits per heavy atom. The van der Waals surface area contributed by atoms with E-state index in [4.69, 9.17) is 27.9 Å². The number of ether oxygens (including phenoxy) is 1. The minimum Gasteiger partial charge on any atom is -0.376 e. The normalized spacial score (nSPS) is 17.3. The van der Waals surface area contributed by atoms with Crippen LogP contribution in [-0.2, 0) is 4.74 Å². The molecule has 2 aromatic rings. The highest BCUT2D eigenvalue weighted by atomic mass is 35.5. The van der Waals surface area contributed by atoms with E-state index in [-0.39, 0.29) is 6.10 Å². The first-order valence-electron chi connectivity index (χ1n) is 7.53. The zero-order valence-electron chi connectivity index (χ0n) is 12.8. The number of nitrogens with one attached hydrogen (secondary N) is 2. The van der Waals surface area contributed by atoms with Gasteiger partial charge in [-0.2, -0.15) is 4.98 Å². The molecule has 1 aliphatic heterocycles. The molecule has 1 fully saturated rings. The Kier molecular flexibility index (Phi) is 5.20. The average molecular weight is 353 g/mol. The van der Waals surface area contributed by atoms with Gasteiger partial charge in [-0.15, -0.1) is 0 Å². The van der Waals surface area contributed by atoms with E-state index < -0.39 is 0 Å². The van der Waals surface area contributed by atoms with Crippen molar-refractivity contribution in [3.8, 4) is 0 Å². The number of nitrogens with zero attached hydrogens (tertiary/aromatic N) is 2. The van der Waals surface area contributed by atoms with E-state index in [0.29, 0.717) is 21.8 Å². The van der Waals surface area contributed by atoms with E-state index in [1.165, 1.54) is 0 Å². The van der Waals surface area contributed by atoms with Crippen LogP contribution in [0.4, 0.5) is 17.5 Å². The number of hydrogen-bond acceptors (Lipinski definition) is 5. The van der Waals surface area contributed by atoms with Gasteiger partial charge in [0, 0.05) is 30.6 Å². The zero-order chi connectivity index (χ0) is 16.2. The molecule has 1 atom stereocenters. The molecule has 122 valence electrons. The standard InChI is InChI=1S/C16H18Cl2N4O/c1-10-7-15(21-11-4-5-13(17)14(18)8-11)22-16(20-10)19-9-12-3-2-6-23-12/h4-5,7-8,12H,2-3,6,9H2,1H3,(H2,19,20,21,22). The average Bonchev–Trinajstić information content (AvgIpc) is 3.02. The predicted octanol–water partition coefficient (Wildman–Crippen LogP) is 4.43. The molecule has 0 spiro atoms. The highest BCUT2D eigenvalue weighted by Gasteiger charge is 2.15. The van der Waals surface area contributed by atoms with Gasteiger partial charge in [0.25, 0.3) is 0 Å². The molecular weight excluding hydrogens is 335 g/mol. The Labute approximate surface area is 145 Å². The number of benzene rings is 1. The van der Waals surface area contributed by atoms with Gasteiger partial charge >= 0.3 is 0 Å². The number of anilines is 3.